The lowest BCUT2D eigenvalue weighted by Gasteiger charge is -2.30. The number of morpholine rings is 1. The van der Waals surface area contributed by atoms with Gasteiger partial charge >= 0.3 is 0 Å². The lowest BCUT2D eigenvalue weighted by Crippen LogP contribution is -2.44. The number of nitrogens with one attached hydrogen (secondary N) is 2. The van der Waals surface area contributed by atoms with Crippen LogP contribution in [0.5, 0.6) is 0 Å². The molecular formula is C28H43N5O6S. The Morgan fingerprint density at radius 3 is 2.42 bits per heavy atom. The number of aromatic nitrogens is 1. The van der Waals surface area contributed by atoms with Gasteiger partial charge in [-0.2, -0.15) is 0 Å². The van der Waals surface area contributed by atoms with Gasteiger partial charge < -0.3 is 15.4 Å². The van der Waals surface area contributed by atoms with E-state index >= 15 is 0 Å². The van der Waals surface area contributed by atoms with Gasteiger partial charge in [0.15, 0.2) is 0 Å². The molecule has 0 atom stereocenters. The van der Waals surface area contributed by atoms with Gasteiger partial charge in [0.05, 0.1) is 32.1 Å². The number of pyridine rings is 1. The van der Waals surface area contributed by atoms with Crippen molar-refractivity contribution in [3.05, 3.63) is 45.0 Å². The van der Waals surface area contributed by atoms with Crippen molar-refractivity contribution in [2.45, 2.75) is 57.8 Å². The lowest BCUT2D eigenvalue weighted by atomic mass is 9.90. The number of anilines is 3. The van der Waals surface area contributed by atoms with Gasteiger partial charge in [-0.3, -0.25) is 24.3 Å². The maximum Gasteiger partial charge on any atom is 0.253 e. The smallest absolute Gasteiger partial charge is 0.253 e. The van der Waals surface area contributed by atoms with E-state index in [1.54, 1.807) is 24.5 Å². The Balaban J connectivity index is 1.18. The Morgan fingerprint density at radius 2 is 1.68 bits per heavy atom. The van der Waals surface area contributed by atoms with E-state index in [0.717, 1.165) is 45.2 Å². The van der Waals surface area contributed by atoms with Gasteiger partial charge in [-0.05, 0) is 43.7 Å². The molecule has 2 fully saturated rings. The van der Waals surface area contributed by atoms with Crippen LogP contribution in [0.4, 0.5) is 17.1 Å². The Bertz CT molecular complexity index is 1180. The molecule has 0 bridgehead atoms. The fraction of sp³-hybridized carbons (Fsp3) is 0.679. The average Bonchev–Trinajstić information content (AvgIpc) is 2.99. The molecule has 1 aliphatic heterocycles. The molecule has 2 heterocycles. The third-order valence-corrected chi connectivity index (χ3v) is 9.40. The van der Waals surface area contributed by atoms with Crippen molar-refractivity contribution in [2.75, 3.05) is 68.9 Å². The minimum Gasteiger partial charge on any atom is -0.380 e. The van der Waals surface area contributed by atoms with Crippen molar-refractivity contribution >= 4 is 27.1 Å². The maximum atomic E-state index is 13.2. The van der Waals surface area contributed by atoms with Crippen LogP contribution in [0.25, 0.3) is 0 Å². The molecule has 1 aromatic heterocycles. The molecule has 1 aliphatic carbocycles. The van der Waals surface area contributed by atoms with Crippen LogP contribution in [0.1, 0.15) is 57.8 Å². The van der Waals surface area contributed by atoms with Crippen LogP contribution >= 0.6 is 0 Å². The monoisotopic (exact) mass is 577 g/mol. The predicted molar refractivity (Wildman–Crippen MR) is 156 cm³/mol. The summed E-state index contributed by atoms with van der Waals surface area (Å²) in [7, 11) is -3.54. The van der Waals surface area contributed by atoms with Gasteiger partial charge in [0, 0.05) is 44.3 Å². The zero-order chi connectivity index (χ0) is 28.2. The number of hydroxylamine groups is 1. The second kappa shape index (κ2) is 15.6. The highest BCUT2D eigenvalue weighted by Gasteiger charge is 2.26. The predicted octanol–water partition coefficient (Wildman–Crippen LogP) is 2.87. The van der Waals surface area contributed by atoms with Gasteiger partial charge in [-0.1, -0.05) is 36.6 Å². The van der Waals surface area contributed by atoms with E-state index in [2.05, 4.69) is 20.5 Å². The molecule has 0 spiro atoms. The Labute approximate surface area is 236 Å². The van der Waals surface area contributed by atoms with Crippen LogP contribution in [-0.2, 0) is 19.6 Å². The second-order valence-electron chi connectivity index (χ2n) is 10.7. The normalized spacial score (nSPS) is 17.4. The van der Waals surface area contributed by atoms with Gasteiger partial charge in [0.2, 0.25) is 10.0 Å². The first-order valence-electron chi connectivity index (χ1n) is 14.6. The SMILES string of the molecule is O=c1c(NCCCCCCS(=O)(=O)N(CCN2CCOCC2)OCC2CCCCC2)c(Nc2ccncc2)c1=O. The van der Waals surface area contributed by atoms with Crippen molar-refractivity contribution < 1.29 is 18.0 Å². The molecule has 40 heavy (non-hydrogen) atoms. The van der Waals surface area contributed by atoms with Crippen LogP contribution in [-0.4, -0.2) is 81.1 Å². The van der Waals surface area contributed by atoms with Gasteiger partial charge in [0.25, 0.3) is 10.9 Å². The second-order valence-corrected chi connectivity index (χ2v) is 12.7. The van der Waals surface area contributed by atoms with E-state index in [1.165, 1.54) is 23.7 Å². The number of hydrogen-bond acceptors (Lipinski definition) is 10. The van der Waals surface area contributed by atoms with Gasteiger partial charge in [0.1, 0.15) is 11.4 Å². The van der Waals surface area contributed by atoms with Crippen LogP contribution in [0, 0.1) is 5.92 Å². The first-order chi connectivity index (χ1) is 19.4. The number of unbranched alkanes of at least 4 members (excludes halogenated alkanes) is 3. The molecule has 11 nitrogen and oxygen atoms in total. The molecule has 2 N–H and O–H groups in total. The van der Waals surface area contributed by atoms with Crippen LogP contribution in [0.2, 0.25) is 0 Å². The zero-order valence-electron chi connectivity index (χ0n) is 23.3. The molecule has 2 aliphatic rings. The summed E-state index contributed by atoms with van der Waals surface area (Å²) in [6.45, 7) is 4.92. The van der Waals surface area contributed by atoms with E-state index < -0.39 is 20.9 Å². The summed E-state index contributed by atoms with van der Waals surface area (Å²) in [5, 5.41) is 6.04. The molecule has 1 saturated heterocycles. The third-order valence-electron chi connectivity index (χ3n) is 7.68. The molecule has 4 rings (SSSR count). The molecular weight excluding hydrogens is 534 g/mol. The fourth-order valence-corrected chi connectivity index (χ4v) is 6.57. The molecule has 0 radical (unpaired) electrons. The summed E-state index contributed by atoms with van der Waals surface area (Å²) in [5.41, 5.74) is 0.206. The van der Waals surface area contributed by atoms with Crippen molar-refractivity contribution in [3.8, 4) is 0 Å². The van der Waals surface area contributed by atoms with E-state index in [4.69, 9.17) is 9.57 Å². The van der Waals surface area contributed by atoms with E-state index in [9.17, 15) is 18.0 Å². The highest BCUT2D eigenvalue weighted by atomic mass is 32.2. The first kappa shape index (κ1) is 30.6. The Morgan fingerprint density at radius 1 is 0.975 bits per heavy atom. The Kier molecular flexibility index (Phi) is 11.9. The molecule has 2 aromatic rings. The number of ether oxygens (including phenoxy) is 1. The molecule has 12 heteroatoms. The summed E-state index contributed by atoms with van der Waals surface area (Å²) in [5.74, 6) is 0.475. The molecule has 0 amide bonds. The van der Waals surface area contributed by atoms with Crippen LogP contribution in [0.15, 0.2) is 34.1 Å². The molecule has 222 valence electrons. The van der Waals surface area contributed by atoms with Crippen LogP contribution in [0.3, 0.4) is 0 Å². The van der Waals surface area contributed by atoms with Crippen molar-refractivity contribution in [3.63, 3.8) is 0 Å². The zero-order valence-corrected chi connectivity index (χ0v) is 24.1. The van der Waals surface area contributed by atoms with Gasteiger partial charge in [-0.25, -0.2) is 8.42 Å². The van der Waals surface area contributed by atoms with Crippen LogP contribution < -0.4 is 21.5 Å². The lowest BCUT2D eigenvalue weighted by molar-refractivity contribution is -0.107. The minimum atomic E-state index is -3.54. The molecule has 1 aromatic carbocycles. The topological polar surface area (TPSA) is 130 Å². The van der Waals surface area contributed by atoms with Crippen molar-refractivity contribution in [2.24, 2.45) is 5.92 Å². The summed E-state index contributed by atoms with van der Waals surface area (Å²) >= 11 is 0. The van der Waals surface area contributed by atoms with Crippen molar-refractivity contribution in [1.29, 1.82) is 0 Å². The van der Waals surface area contributed by atoms with Crippen molar-refractivity contribution in [1.82, 2.24) is 14.4 Å². The Hall–Kier alpha value is -2.38. The highest BCUT2D eigenvalue weighted by molar-refractivity contribution is 7.88. The number of sulfonamides is 1. The number of rotatable bonds is 17. The molecule has 0 unspecified atom stereocenters. The van der Waals surface area contributed by atoms with Gasteiger partial charge in [-0.15, -0.1) is 0 Å². The standard InChI is InChI=1S/C28H43N5O6S/c34-27-25(26(28(27)35)31-24-10-13-29-14-11-24)30-12-6-1-2-7-21-40(36,37)33(16-15-32-17-19-38-20-18-32)39-22-23-8-4-3-5-9-23/h10-11,13-14,23,30H,1-9,12,15-22H2,(H,29,31). The average molecular weight is 578 g/mol. The minimum absolute atomic E-state index is 0.0480. The van der Waals surface area contributed by atoms with E-state index in [-0.39, 0.29) is 11.4 Å². The first-order valence-corrected chi connectivity index (χ1v) is 16.2. The number of nitrogens with zero attached hydrogens (tertiary/aromatic N) is 3. The summed E-state index contributed by atoms with van der Waals surface area (Å²) in [6.07, 6.45) is 11.9. The van der Waals surface area contributed by atoms with E-state index in [1.807, 2.05) is 0 Å². The fourth-order valence-electron chi connectivity index (χ4n) is 5.21. The third kappa shape index (κ3) is 9.07. The summed E-state index contributed by atoms with van der Waals surface area (Å²) in [4.78, 5) is 36.1. The number of hydrogen-bond donors (Lipinski definition) is 2. The maximum absolute atomic E-state index is 13.2. The molecule has 1 saturated carbocycles. The quantitative estimate of drug-likeness (QED) is 0.164. The highest BCUT2D eigenvalue weighted by Crippen LogP contribution is 2.24. The summed E-state index contributed by atoms with van der Waals surface area (Å²) in [6, 6.07) is 3.44. The largest absolute Gasteiger partial charge is 0.380 e. The van der Waals surface area contributed by atoms with E-state index in [0.29, 0.717) is 63.2 Å². The summed E-state index contributed by atoms with van der Waals surface area (Å²) < 4.78 is 33.1.